The third-order valence-corrected chi connectivity index (χ3v) is 3.20. The average molecular weight is 307 g/mol. The highest BCUT2D eigenvalue weighted by atomic mass is 35.5. The van der Waals surface area contributed by atoms with Crippen LogP contribution in [0, 0.1) is 0 Å². The third kappa shape index (κ3) is 2.33. The molecule has 0 saturated carbocycles. The van der Waals surface area contributed by atoms with Crippen LogP contribution in [0.5, 0.6) is 0 Å². The molecule has 5 nitrogen and oxygen atoms in total. The van der Waals surface area contributed by atoms with E-state index in [1.165, 1.54) is 0 Å². The van der Waals surface area contributed by atoms with E-state index >= 15 is 0 Å². The Morgan fingerprint density at radius 3 is 2.80 bits per heavy atom. The molecule has 1 aromatic carbocycles. The number of anilines is 1. The Balaban J connectivity index is 2.07. The monoisotopic (exact) mass is 306 g/mol. The highest BCUT2D eigenvalue weighted by Gasteiger charge is 2.15. The van der Waals surface area contributed by atoms with E-state index in [1.807, 2.05) is 6.07 Å². The van der Waals surface area contributed by atoms with Crippen molar-refractivity contribution in [1.82, 2.24) is 15.1 Å². The minimum atomic E-state index is 0.255. The fraction of sp³-hybridized carbons (Fsp3) is 0. The number of pyridine rings is 1. The lowest BCUT2D eigenvalue weighted by Gasteiger charge is -2.03. The number of aromatic nitrogens is 3. The van der Waals surface area contributed by atoms with Crippen LogP contribution >= 0.6 is 23.2 Å². The van der Waals surface area contributed by atoms with Gasteiger partial charge in [-0.05, 0) is 24.3 Å². The van der Waals surface area contributed by atoms with Gasteiger partial charge in [-0.3, -0.25) is 4.98 Å². The minimum Gasteiger partial charge on any atom is -0.397 e. The van der Waals surface area contributed by atoms with Crippen molar-refractivity contribution in [2.45, 2.75) is 0 Å². The van der Waals surface area contributed by atoms with Gasteiger partial charge in [-0.2, -0.15) is 4.98 Å². The minimum absolute atomic E-state index is 0.255. The molecule has 7 heteroatoms. The zero-order chi connectivity index (χ0) is 14.1. The Morgan fingerprint density at radius 2 is 2.05 bits per heavy atom. The van der Waals surface area contributed by atoms with Crippen molar-refractivity contribution < 1.29 is 4.52 Å². The first-order valence-electron chi connectivity index (χ1n) is 5.64. The molecule has 3 rings (SSSR count). The van der Waals surface area contributed by atoms with E-state index in [1.54, 1.807) is 30.6 Å². The number of rotatable bonds is 2. The van der Waals surface area contributed by atoms with Gasteiger partial charge in [0.1, 0.15) is 0 Å². The SMILES string of the molecule is Nc1c(Cl)cc(Cl)cc1-c1nc(-c2cccnc2)no1. The summed E-state index contributed by atoms with van der Waals surface area (Å²) in [5.41, 5.74) is 7.49. The molecule has 0 aliphatic heterocycles. The smallest absolute Gasteiger partial charge is 0.260 e. The van der Waals surface area contributed by atoms with Gasteiger partial charge < -0.3 is 10.3 Å². The first-order valence-corrected chi connectivity index (χ1v) is 6.40. The summed E-state index contributed by atoms with van der Waals surface area (Å²) in [6.07, 6.45) is 3.31. The summed E-state index contributed by atoms with van der Waals surface area (Å²) >= 11 is 11.9. The Hall–Kier alpha value is -2.11. The Labute approximate surface area is 124 Å². The van der Waals surface area contributed by atoms with Crippen LogP contribution in [0.25, 0.3) is 22.8 Å². The zero-order valence-corrected chi connectivity index (χ0v) is 11.6. The maximum atomic E-state index is 5.98. The first-order chi connectivity index (χ1) is 9.65. The summed E-state index contributed by atoms with van der Waals surface area (Å²) in [7, 11) is 0. The molecule has 0 saturated heterocycles. The van der Waals surface area contributed by atoms with Crippen molar-refractivity contribution in [1.29, 1.82) is 0 Å². The highest BCUT2D eigenvalue weighted by molar-refractivity contribution is 6.37. The van der Waals surface area contributed by atoms with Gasteiger partial charge in [-0.25, -0.2) is 0 Å². The number of nitrogens with two attached hydrogens (primary N) is 1. The summed E-state index contributed by atoms with van der Waals surface area (Å²) in [4.78, 5) is 8.28. The van der Waals surface area contributed by atoms with Crippen LogP contribution in [0.15, 0.2) is 41.2 Å². The predicted molar refractivity (Wildman–Crippen MR) is 77.4 cm³/mol. The van der Waals surface area contributed by atoms with Crippen molar-refractivity contribution in [2.75, 3.05) is 5.73 Å². The lowest BCUT2D eigenvalue weighted by atomic mass is 10.2. The molecule has 0 atom stereocenters. The molecule has 0 unspecified atom stereocenters. The molecule has 0 aliphatic carbocycles. The molecular formula is C13H8Cl2N4O. The van der Waals surface area contributed by atoms with Crippen LogP contribution in [0.1, 0.15) is 0 Å². The van der Waals surface area contributed by atoms with Gasteiger partial charge in [0.2, 0.25) is 5.82 Å². The normalized spacial score (nSPS) is 10.7. The molecule has 100 valence electrons. The topological polar surface area (TPSA) is 77.8 Å². The molecule has 3 aromatic rings. The summed E-state index contributed by atoms with van der Waals surface area (Å²) < 4.78 is 5.21. The second-order valence-corrected chi connectivity index (χ2v) is 4.86. The number of hydrogen-bond acceptors (Lipinski definition) is 5. The zero-order valence-electron chi connectivity index (χ0n) is 10.0. The number of nitrogens with zero attached hydrogens (tertiary/aromatic N) is 3. The number of hydrogen-bond donors (Lipinski definition) is 1. The van der Waals surface area contributed by atoms with Gasteiger partial charge in [0.15, 0.2) is 0 Å². The molecular weight excluding hydrogens is 299 g/mol. The van der Waals surface area contributed by atoms with Gasteiger partial charge in [0, 0.05) is 23.0 Å². The Kier molecular flexibility index (Phi) is 3.30. The fourth-order valence-corrected chi connectivity index (χ4v) is 2.20. The van der Waals surface area contributed by atoms with Gasteiger partial charge >= 0.3 is 0 Å². The standard InChI is InChI=1S/C13H8Cl2N4O/c14-8-4-9(11(16)10(15)5-8)13-18-12(19-20-13)7-2-1-3-17-6-7/h1-6H,16H2. The molecule has 0 fully saturated rings. The van der Waals surface area contributed by atoms with Gasteiger partial charge in [-0.15, -0.1) is 0 Å². The maximum Gasteiger partial charge on any atom is 0.260 e. The number of nitrogen functional groups attached to an aromatic ring is 1. The van der Waals surface area contributed by atoms with Crippen molar-refractivity contribution >= 4 is 28.9 Å². The molecule has 2 aromatic heterocycles. The summed E-state index contributed by atoms with van der Waals surface area (Å²) in [6, 6.07) is 6.80. The van der Waals surface area contributed by atoms with Crippen LogP contribution in [0.4, 0.5) is 5.69 Å². The second-order valence-electron chi connectivity index (χ2n) is 4.01. The van der Waals surface area contributed by atoms with E-state index in [2.05, 4.69) is 15.1 Å². The van der Waals surface area contributed by atoms with Crippen molar-refractivity contribution in [2.24, 2.45) is 0 Å². The van der Waals surface area contributed by atoms with Crippen LogP contribution in [0.3, 0.4) is 0 Å². The predicted octanol–water partition coefficient (Wildman–Crippen LogP) is 3.69. The van der Waals surface area contributed by atoms with Crippen LogP contribution in [-0.4, -0.2) is 15.1 Å². The van der Waals surface area contributed by atoms with Gasteiger partial charge in [0.25, 0.3) is 5.89 Å². The van der Waals surface area contributed by atoms with Crippen molar-refractivity contribution in [3.05, 3.63) is 46.7 Å². The number of halogens is 2. The first kappa shape index (κ1) is 12.9. The van der Waals surface area contributed by atoms with E-state index < -0.39 is 0 Å². The molecule has 0 bridgehead atoms. The van der Waals surface area contributed by atoms with Crippen molar-refractivity contribution in [3.63, 3.8) is 0 Å². The summed E-state index contributed by atoms with van der Waals surface area (Å²) in [5, 5.41) is 4.68. The van der Waals surface area contributed by atoms with Crippen LogP contribution < -0.4 is 5.73 Å². The van der Waals surface area contributed by atoms with Crippen molar-refractivity contribution in [3.8, 4) is 22.8 Å². The van der Waals surface area contributed by atoms with Gasteiger partial charge in [0.05, 0.1) is 16.3 Å². The fourth-order valence-electron chi connectivity index (χ4n) is 1.71. The molecule has 0 spiro atoms. The van der Waals surface area contributed by atoms with Crippen LogP contribution in [0.2, 0.25) is 10.0 Å². The Morgan fingerprint density at radius 1 is 1.20 bits per heavy atom. The van der Waals surface area contributed by atoms with Crippen LogP contribution in [-0.2, 0) is 0 Å². The largest absolute Gasteiger partial charge is 0.397 e. The molecule has 0 aliphatic rings. The molecule has 0 amide bonds. The van der Waals surface area contributed by atoms with E-state index in [4.69, 9.17) is 33.5 Å². The highest BCUT2D eigenvalue weighted by Crippen LogP contribution is 2.34. The Bertz CT molecular complexity index is 758. The van der Waals surface area contributed by atoms with E-state index in [9.17, 15) is 0 Å². The lowest BCUT2D eigenvalue weighted by Crippen LogP contribution is -1.92. The van der Waals surface area contributed by atoms with E-state index in [-0.39, 0.29) is 5.89 Å². The summed E-state index contributed by atoms with van der Waals surface area (Å²) in [6.45, 7) is 0. The maximum absolute atomic E-state index is 5.98. The van der Waals surface area contributed by atoms with E-state index in [0.717, 1.165) is 5.56 Å². The number of benzene rings is 1. The average Bonchev–Trinajstić information content (AvgIpc) is 2.93. The second kappa shape index (κ2) is 5.11. The molecule has 2 N–H and O–H groups in total. The lowest BCUT2D eigenvalue weighted by molar-refractivity contribution is 0.432. The summed E-state index contributed by atoms with van der Waals surface area (Å²) in [5.74, 6) is 0.675. The van der Waals surface area contributed by atoms with Gasteiger partial charge in [-0.1, -0.05) is 28.4 Å². The third-order valence-electron chi connectivity index (χ3n) is 2.67. The molecule has 2 heterocycles. The molecule has 0 radical (unpaired) electrons. The quantitative estimate of drug-likeness (QED) is 0.731. The molecule has 20 heavy (non-hydrogen) atoms. The van der Waals surface area contributed by atoms with E-state index in [0.29, 0.717) is 27.1 Å².